The van der Waals surface area contributed by atoms with Crippen LogP contribution in [0.15, 0.2) is 36.4 Å². The third-order valence-corrected chi connectivity index (χ3v) is 2.92. The number of fused-ring (bicyclic) bond motifs is 1. The smallest absolute Gasteiger partial charge is 0.335 e. The monoisotopic (exact) mass is 283 g/mol. The van der Waals surface area contributed by atoms with Crippen LogP contribution in [0.2, 0.25) is 0 Å². The molecular weight excluding hydrogens is 274 g/mol. The molecule has 1 heterocycles. The van der Waals surface area contributed by atoms with Gasteiger partial charge in [-0.25, -0.2) is 4.79 Å². The van der Waals surface area contributed by atoms with Gasteiger partial charge in [-0.3, -0.25) is 0 Å². The van der Waals surface area contributed by atoms with Crippen molar-refractivity contribution in [2.24, 2.45) is 0 Å². The molecule has 2 aromatic rings. The second-order valence-electron chi connectivity index (χ2n) is 4.25. The number of carbonyl (C=O) groups is 1. The highest BCUT2D eigenvalue weighted by Gasteiger charge is 2.15. The topological polar surface area (TPSA) is 88.8 Å². The Labute approximate surface area is 119 Å². The number of carboxylic acids is 1. The van der Waals surface area contributed by atoms with E-state index in [4.69, 9.17) is 24.6 Å². The summed E-state index contributed by atoms with van der Waals surface area (Å²) < 4.78 is 16.0. The molecule has 6 nitrogen and oxygen atoms in total. The lowest BCUT2D eigenvalue weighted by Gasteiger charge is -2.08. The Morgan fingerprint density at radius 3 is 2.76 bits per heavy atom. The molecule has 1 N–H and O–H groups in total. The number of nitriles is 1. The van der Waals surface area contributed by atoms with Crippen LogP contribution in [0.25, 0.3) is 0 Å². The number of hydrogen-bond acceptors (Lipinski definition) is 5. The third-order valence-electron chi connectivity index (χ3n) is 2.92. The second kappa shape index (κ2) is 5.06. The largest absolute Gasteiger partial charge is 0.478 e. The van der Waals surface area contributed by atoms with Gasteiger partial charge in [-0.2, -0.15) is 5.26 Å². The zero-order chi connectivity index (χ0) is 14.8. The predicted molar refractivity (Wildman–Crippen MR) is 70.8 cm³/mol. The maximum Gasteiger partial charge on any atom is 0.335 e. The standard InChI is InChI=1S/C15H9NO5/c16-7-10-5-9(15(17)18)1-3-12(10)21-11-2-4-13-14(6-11)20-8-19-13/h1-6H,8H2,(H,17,18). The summed E-state index contributed by atoms with van der Waals surface area (Å²) in [6.45, 7) is 0.162. The maximum absolute atomic E-state index is 10.9. The Bertz CT molecular complexity index is 763. The van der Waals surface area contributed by atoms with E-state index in [1.165, 1.54) is 18.2 Å². The Hall–Kier alpha value is -3.20. The van der Waals surface area contributed by atoms with Crippen LogP contribution in [0.4, 0.5) is 0 Å². The molecule has 0 amide bonds. The van der Waals surface area contributed by atoms with Crippen LogP contribution < -0.4 is 14.2 Å². The van der Waals surface area contributed by atoms with Gasteiger partial charge < -0.3 is 19.3 Å². The molecule has 0 radical (unpaired) electrons. The van der Waals surface area contributed by atoms with Gasteiger partial charge in [0, 0.05) is 6.07 Å². The SMILES string of the molecule is N#Cc1cc(C(=O)O)ccc1Oc1ccc2c(c1)OCO2. The number of ether oxygens (including phenoxy) is 3. The van der Waals surface area contributed by atoms with Crippen molar-refractivity contribution in [1.29, 1.82) is 5.26 Å². The van der Waals surface area contributed by atoms with E-state index < -0.39 is 5.97 Å². The summed E-state index contributed by atoms with van der Waals surface area (Å²) in [6.07, 6.45) is 0. The summed E-state index contributed by atoms with van der Waals surface area (Å²) in [4.78, 5) is 10.9. The molecule has 1 aliphatic heterocycles. The number of nitrogens with zero attached hydrogens (tertiary/aromatic N) is 1. The van der Waals surface area contributed by atoms with Crippen LogP contribution in [-0.4, -0.2) is 17.9 Å². The summed E-state index contributed by atoms with van der Waals surface area (Å²) in [7, 11) is 0. The molecule has 0 atom stereocenters. The number of rotatable bonds is 3. The van der Waals surface area contributed by atoms with Crippen LogP contribution in [-0.2, 0) is 0 Å². The fourth-order valence-electron chi connectivity index (χ4n) is 1.91. The van der Waals surface area contributed by atoms with E-state index in [0.29, 0.717) is 17.2 Å². The van der Waals surface area contributed by atoms with Crippen molar-refractivity contribution in [3.63, 3.8) is 0 Å². The van der Waals surface area contributed by atoms with Crippen molar-refractivity contribution in [2.75, 3.05) is 6.79 Å². The van der Waals surface area contributed by atoms with Gasteiger partial charge in [-0.05, 0) is 30.3 Å². The van der Waals surface area contributed by atoms with E-state index in [-0.39, 0.29) is 23.7 Å². The fourth-order valence-corrected chi connectivity index (χ4v) is 1.91. The Kier molecular flexibility index (Phi) is 3.09. The molecular formula is C15H9NO5. The average molecular weight is 283 g/mol. The van der Waals surface area contributed by atoms with Crippen molar-refractivity contribution in [1.82, 2.24) is 0 Å². The van der Waals surface area contributed by atoms with Crippen LogP contribution in [0.1, 0.15) is 15.9 Å². The molecule has 0 fully saturated rings. The molecule has 0 unspecified atom stereocenters. The van der Waals surface area contributed by atoms with Gasteiger partial charge in [0.25, 0.3) is 0 Å². The molecule has 2 aromatic carbocycles. The minimum atomic E-state index is -1.10. The maximum atomic E-state index is 10.9. The van der Waals surface area contributed by atoms with Gasteiger partial charge in [-0.1, -0.05) is 0 Å². The first-order valence-corrected chi connectivity index (χ1v) is 6.02. The lowest BCUT2D eigenvalue weighted by Crippen LogP contribution is -1.98. The van der Waals surface area contributed by atoms with E-state index in [9.17, 15) is 4.79 Å². The van der Waals surface area contributed by atoms with Gasteiger partial charge in [0.15, 0.2) is 11.5 Å². The molecule has 0 aromatic heterocycles. The van der Waals surface area contributed by atoms with Gasteiger partial charge in [-0.15, -0.1) is 0 Å². The lowest BCUT2D eigenvalue weighted by molar-refractivity contribution is 0.0697. The average Bonchev–Trinajstić information content (AvgIpc) is 2.95. The van der Waals surface area contributed by atoms with Gasteiger partial charge in [0.2, 0.25) is 6.79 Å². The summed E-state index contributed by atoms with van der Waals surface area (Å²) >= 11 is 0. The lowest BCUT2D eigenvalue weighted by atomic mass is 10.1. The van der Waals surface area contributed by atoms with Crippen molar-refractivity contribution in [3.8, 4) is 29.1 Å². The van der Waals surface area contributed by atoms with Crippen molar-refractivity contribution in [3.05, 3.63) is 47.5 Å². The highest BCUT2D eigenvalue weighted by Crippen LogP contribution is 2.37. The highest BCUT2D eigenvalue weighted by molar-refractivity contribution is 5.88. The molecule has 0 saturated carbocycles. The van der Waals surface area contributed by atoms with E-state index in [1.807, 2.05) is 6.07 Å². The van der Waals surface area contributed by atoms with Gasteiger partial charge in [0.05, 0.1) is 11.1 Å². The molecule has 1 aliphatic rings. The summed E-state index contributed by atoms with van der Waals surface area (Å²) in [5.74, 6) is 0.846. The third kappa shape index (κ3) is 2.44. The summed E-state index contributed by atoms with van der Waals surface area (Å²) in [6, 6.07) is 11.1. The van der Waals surface area contributed by atoms with Gasteiger partial charge in [0.1, 0.15) is 17.6 Å². The normalized spacial score (nSPS) is 11.8. The quantitative estimate of drug-likeness (QED) is 0.931. The number of benzene rings is 2. The van der Waals surface area contributed by atoms with Crippen LogP contribution in [0, 0.1) is 11.3 Å². The molecule has 104 valence electrons. The number of aromatic carboxylic acids is 1. The van der Waals surface area contributed by atoms with Crippen LogP contribution in [0.5, 0.6) is 23.0 Å². The molecule has 6 heteroatoms. The number of hydrogen-bond donors (Lipinski definition) is 1. The second-order valence-corrected chi connectivity index (χ2v) is 4.25. The zero-order valence-electron chi connectivity index (χ0n) is 10.7. The first-order chi connectivity index (χ1) is 10.2. The van der Waals surface area contributed by atoms with E-state index in [1.54, 1.807) is 18.2 Å². The first-order valence-electron chi connectivity index (χ1n) is 6.02. The predicted octanol–water partition coefficient (Wildman–Crippen LogP) is 2.78. The first kappa shape index (κ1) is 12.8. The Morgan fingerprint density at radius 1 is 1.19 bits per heavy atom. The Balaban J connectivity index is 1.91. The summed E-state index contributed by atoms with van der Waals surface area (Å²) in [5, 5.41) is 18.0. The minimum Gasteiger partial charge on any atom is -0.478 e. The summed E-state index contributed by atoms with van der Waals surface area (Å²) in [5.41, 5.74) is 0.178. The van der Waals surface area contributed by atoms with E-state index in [2.05, 4.69) is 0 Å². The Morgan fingerprint density at radius 2 is 2.00 bits per heavy atom. The van der Waals surface area contributed by atoms with Crippen molar-refractivity contribution in [2.45, 2.75) is 0 Å². The molecule has 21 heavy (non-hydrogen) atoms. The molecule has 0 aliphatic carbocycles. The molecule has 0 bridgehead atoms. The minimum absolute atomic E-state index is 0.0320. The van der Waals surface area contributed by atoms with Crippen molar-refractivity contribution >= 4 is 5.97 Å². The highest BCUT2D eigenvalue weighted by atomic mass is 16.7. The molecule has 0 spiro atoms. The van der Waals surface area contributed by atoms with E-state index in [0.717, 1.165) is 0 Å². The number of carboxylic acid groups (broad SMARTS) is 1. The van der Waals surface area contributed by atoms with E-state index >= 15 is 0 Å². The van der Waals surface area contributed by atoms with Crippen LogP contribution >= 0.6 is 0 Å². The van der Waals surface area contributed by atoms with Crippen molar-refractivity contribution < 1.29 is 24.1 Å². The van der Waals surface area contributed by atoms with Gasteiger partial charge >= 0.3 is 5.97 Å². The fraction of sp³-hybridized carbons (Fsp3) is 0.0667. The molecule has 3 rings (SSSR count). The molecule has 0 saturated heterocycles. The zero-order valence-corrected chi connectivity index (χ0v) is 10.7. The van der Waals surface area contributed by atoms with Crippen LogP contribution in [0.3, 0.4) is 0 Å².